The number of nitrogens with zero attached hydrogens (tertiary/aromatic N) is 3. The molecule has 0 atom stereocenters. The predicted molar refractivity (Wildman–Crippen MR) is 121 cm³/mol. The molecule has 0 radical (unpaired) electrons. The van der Waals surface area contributed by atoms with E-state index in [-0.39, 0.29) is 5.91 Å². The molecule has 0 bridgehead atoms. The van der Waals surface area contributed by atoms with Crippen molar-refractivity contribution in [3.63, 3.8) is 0 Å². The Morgan fingerprint density at radius 1 is 0.833 bits per heavy atom. The van der Waals surface area contributed by atoms with Gasteiger partial charge in [-0.15, -0.1) is 0 Å². The van der Waals surface area contributed by atoms with Crippen LogP contribution < -0.4 is 4.74 Å². The van der Waals surface area contributed by atoms with Gasteiger partial charge in [-0.25, -0.2) is 4.99 Å². The average molecular weight is 462 g/mol. The quantitative estimate of drug-likeness (QED) is 0.506. The van der Waals surface area contributed by atoms with E-state index < -0.39 is 0 Å². The van der Waals surface area contributed by atoms with Crippen LogP contribution >= 0.6 is 15.9 Å². The van der Waals surface area contributed by atoms with Gasteiger partial charge in [-0.05, 0) is 52.3 Å². The predicted octanol–water partition coefficient (Wildman–Crippen LogP) is 5.09. The van der Waals surface area contributed by atoms with Crippen molar-refractivity contribution in [1.82, 2.24) is 9.80 Å². The molecule has 150 valence electrons. The molecule has 1 saturated heterocycles. The topological polar surface area (TPSA) is 45.1 Å². The Bertz CT molecular complexity index is 1140. The van der Waals surface area contributed by atoms with Crippen molar-refractivity contribution < 1.29 is 9.53 Å². The first-order valence-electron chi connectivity index (χ1n) is 9.94. The molecule has 1 amide bonds. The Morgan fingerprint density at radius 3 is 2.30 bits per heavy atom. The monoisotopic (exact) mass is 461 g/mol. The van der Waals surface area contributed by atoms with Gasteiger partial charge in [0.25, 0.3) is 5.91 Å². The number of hydrogen-bond donors (Lipinski definition) is 0. The molecule has 3 aromatic rings. The van der Waals surface area contributed by atoms with E-state index in [1.807, 2.05) is 77.7 Å². The number of aliphatic imine (C=N–C) groups is 1. The lowest BCUT2D eigenvalue weighted by Crippen LogP contribution is -2.50. The summed E-state index contributed by atoms with van der Waals surface area (Å²) in [6, 6.07) is 23.4. The van der Waals surface area contributed by atoms with E-state index in [1.54, 1.807) is 0 Å². The van der Waals surface area contributed by atoms with Crippen molar-refractivity contribution in [2.45, 2.75) is 0 Å². The SMILES string of the molecule is O=C(c1ccccc1Br)N1CCN(C2=Nc3ccccc3Oc3ccccc32)CC1. The van der Waals surface area contributed by atoms with Crippen LogP contribution in [0.4, 0.5) is 5.69 Å². The van der Waals surface area contributed by atoms with E-state index in [2.05, 4.69) is 20.8 Å². The van der Waals surface area contributed by atoms with Crippen LogP contribution in [0.15, 0.2) is 82.3 Å². The number of ether oxygens (including phenoxy) is 1. The molecule has 0 aliphatic carbocycles. The number of benzene rings is 3. The van der Waals surface area contributed by atoms with Gasteiger partial charge in [-0.3, -0.25) is 4.79 Å². The summed E-state index contributed by atoms with van der Waals surface area (Å²) in [5, 5.41) is 0. The number of rotatable bonds is 1. The lowest BCUT2D eigenvalue weighted by atomic mass is 10.1. The first kappa shape index (κ1) is 18.9. The number of fused-ring (bicyclic) bond motifs is 2. The van der Waals surface area contributed by atoms with Gasteiger partial charge in [0.2, 0.25) is 0 Å². The summed E-state index contributed by atoms with van der Waals surface area (Å²) < 4.78 is 6.97. The number of para-hydroxylation sites is 3. The first-order chi connectivity index (χ1) is 14.7. The molecule has 5 nitrogen and oxygen atoms in total. The van der Waals surface area contributed by atoms with Crippen LogP contribution in [-0.2, 0) is 0 Å². The Labute approximate surface area is 183 Å². The summed E-state index contributed by atoms with van der Waals surface area (Å²) in [6.07, 6.45) is 0. The minimum Gasteiger partial charge on any atom is -0.454 e. The van der Waals surface area contributed by atoms with Crippen molar-refractivity contribution in [3.05, 3.63) is 88.4 Å². The third-order valence-electron chi connectivity index (χ3n) is 5.41. The highest BCUT2D eigenvalue weighted by atomic mass is 79.9. The molecule has 0 unspecified atom stereocenters. The summed E-state index contributed by atoms with van der Waals surface area (Å²) in [5.41, 5.74) is 2.49. The summed E-state index contributed by atoms with van der Waals surface area (Å²) in [7, 11) is 0. The number of amidine groups is 1. The normalized spacial score (nSPS) is 15.4. The molecule has 2 aliphatic heterocycles. The van der Waals surface area contributed by atoms with Gasteiger partial charge in [0.15, 0.2) is 5.75 Å². The van der Waals surface area contributed by atoms with E-state index in [9.17, 15) is 4.79 Å². The fourth-order valence-corrected chi connectivity index (χ4v) is 4.29. The second-order valence-corrected chi connectivity index (χ2v) is 8.11. The van der Waals surface area contributed by atoms with Gasteiger partial charge in [0, 0.05) is 30.7 Å². The Balaban J connectivity index is 1.41. The van der Waals surface area contributed by atoms with E-state index in [0.29, 0.717) is 31.7 Å². The van der Waals surface area contributed by atoms with Gasteiger partial charge >= 0.3 is 0 Å². The Kier molecular flexibility index (Phi) is 5.01. The lowest BCUT2D eigenvalue weighted by molar-refractivity contribution is 0.0691. The van der Waals surface area contributed by atoms with E-state index in [4.69, 9.17) is 9.73 Å². The molecular formula is C24H20BrN3O2. The number of carbonyl (C=O) groups excluding carboxylic acids is 1. The van der Waals surface area contributed by atoms with Gasteiger partial charge in [0.05, 0.1) is 11.1 Å². The van der Waals surface area contributed by atoms with Gasteiger partial charge < -0.3 is 14.5 Å². The standard InChI is InChI=1S/C24H20BrN3O2/c25-19-9-3-1-7-17(19)24(29)28-15-13-27(14-16-28)23-18-8-2-5-11-21(18)30-22-12-6-4-10-20(22)26-23/h1-12H,13-16H2. The second-order valence-electron chi connectivity index (χ2n) is 7.26. The van der Waals surface area contributed by atoms with Crippen molar-refractivity contribution >= 4 is 33.4 Å². The molecule has 0 saturated carbocycles. The highest BCUT2D eigenvalue weighted by Gasteiger charge is 2.28. The third kappa shape index (κ3) is 3.48. The molecule has 2 aliphatic rings. The van der Waals surface area contributed by atoms with Crippen LogP contribution in [-0.4, -0.2) is 47.7 Å². The summed E-state index contributed by atoms with van der Waals surface area (Å²) >= 11 is 3.49. The van der Waals surface area contributed by atoms with E-state index in [1.165, 1.54) is 0 Å². The maximum Gasteiger partial charge on any atom is 0.255 e. The van der Waals surface area contributed by atoms with Gasteiger partial charge in [-0.2, -0.15) is 0 Å². The minimum absolute atomic E-state index is 0.0546. The number of carbonyl (C=O) groups is 1. The summed E-state index contributed by atoms with van der Waals surface area (Å²) in [5.74, 6) is 2.50. The van der Waals surface area contributed by atoms with Crippen LogP contribution in [0.3, 0.4) is 0 Å². The van der Waals surface area contributed by atoms with Gasteiger partial charge in [-0.1, -0.05) is 36.4 Å². The second kappa shape index (κ2) is 7.95. The smallest absolute Gasteiger partial charge is 0.255 e. The Morgan fingerprint density at radius 2 is 1.50 bits per heavy atom. The molecule has 1 fully saturated rings. The molecule has 0 N–H and O–H groups in total. The highest BCUT2D eigenvalue weighted by molar-refractivity contribution is 9.10. The lowest BCUT2D eigenvalue weighted by Gasteiger charge is -2.36. The zero-order valence-corrected chi connectivity index (χ0v) is 17.9. The third-order valence-corrected chi connectivity index (χ3v) is 6.10. The van der Waals surface area contributed by atoms with Crippen LogP contribution in [0.1, 0.15) is 15.9 Å². The van der Waals surface area contributed by atoms with Gasteiger partial charge in [0.1, 0.15) is 17.3 Å². The fourth-order valence-electron chi connectivity index (χ4n) is 3.84. The van der Waals surface area contributed by atoms with Crippen LogP contribution in [0.25, 0.3) is 0 Å². The van der Waals surface area contributed by atoms with Crippen LogP contribution in [0.2, 0.25) is 0 Å². The van der Waals surface area contributed by atoms with Crippen molar-refractivity contribution in [2.75, 3.05) is 26.2 Å². The zero-order valence-electron chi connectivity index (χ0n) is 16.3. The molecule has 2 heterocycles. The van der Waals surface area contributed by atoms with E-state index in [0.717, 1.165) is 33.1 Å². The number of hydrogen-bond acceptors (Lipinski definition) is 4. The average Bonchev–Trinajstić information content (AvgIpc) is 2.96. The van der Waals surface area contributed by atoms with E-state index >= 15 is 0 Å². The maximum atomic E-state index is 12.9. The van der Waals surface area contributed by atoms with Crippen LogP contribution in [0, 0.1) is 0 Å². The molecular weight excluding hydrogens is 442 g/mol. The molecule has 5 rings (SSSR count). The number of piperazine rings is 1. The highest BCUT2D eigenvalue weighted by Crippen LogP contribution is 2.37. The van der Waals surface area contributed by atoms with Crippen molar-refractivity contribution in [1.29, 1.82) is 0 Å². The maximum absolute atomic E-state index is 12.9. The van der Waals surface area contributed by atoms with Crippen LogP contribution in [0.5, 0.6) is 11.5 Å². The Hall–Kier alpha value is -3.12. The summed E-state index contributed by atoms with van der Waals surface area (Å²) in [4.78, 5) is 22.1. The summed E-state index contributed by atoms with van der Waals surface area (Å²) in [6.45, 7) is 2.71. The molecule has 30 heavy (non-hydrogen) atoms. The number of amides is 1. The fraction of sp³-hybridized carbons (Fsp3) is 0.167. The molecule has 3 aromatic carbocycles. The number of halogens is 1. The van der Waals surface area contributed by atoms with Crippen molar-refractivity contribution in [3.8, 4) is 11.5 Å². The zero-order chi connectivity index (χ0) is 20.5. The molecule has 0 spiro atoms. The molecule has 0 aromatic heterocycles. The first-order valence-corrected chi connectivity index (χ1v) is 10.7. The van der Waals surface area contributed by atoms with Crippen molar-refractivity contribution in [2.24, 2.45) is 4.99 Å². The molecule has 6 heteroatoms. The largest absolute Gasteiger partial charge is 0.454 e. The minimum atomic E-state index is 0.0546.